The van der Waals surface area contributed by atoms with Crippen LogP contribution in [0.4, 0.5) is 11.6 Å². The van der Waals surface area contributed by atoms with Gasteiger partial charge in [-0.2, -0.15) is 0 Å². The molecule has 0 atom stereocenters. The quantitative estimate of drug-likeness (QED) is 0.894. The Morgan fingerprint density at radius 1 is 1.06 bits per heavy atom. The minimum atomic E-state index is 0. The summed E-state index contributed by atoms with van der Waals surface area (Å²) in [5, 5.41) is 0. The molecule has 0 unspecified atom stereocenters. The van der Waals surface area contributed by atoms with Crippen LogP contribution >= 0.6 is 12.4 Å². The number of nitrogens with zero attached hydrogens (tertiary/aromatic N) is 1. The van der Waals surface area contributed by atoms with Crippen LogP contribution in [0.5, 0.6) is 0 Å². The minimum Gasteiger partial charge on any atom is -0.384 e. The Labute approximate surface area is 112 Å². The first-order chi connectivity index (χ1) is 8.22. The van der Waals surface area contributed by atoms with Gasteiger partial charge < -0.3 is 16.2 Å². The second kappa shape index (κ2) is 6.23. The molecule has 5 heteroatoms. The second-order valence-corrected chi connectivity index (χ2v) is 3.76. The summed E-state index contributed by atoms with van der Waals surface area (Å²) in [7, 11) is 1.67. The number of methoxy groups -OCH3 is 1. The normalized spacial score (nSPS) is 9.83. The number of rotatable bonds is 3. The van der Waals surface area contributed by atoms with Crippen LogP contribution < -0.4 is 11.5 Å². The maximum atomic E-state index is 5.89. The van der Waals surface area contributed by atoms with Gasteiger partial charge in [0.05, 0.1) is 6.61 Å². The van der Waals surface area contributed by atoms with Crippen LogP contribution in [0.1, 0.15) is 5.56 Å². The highest BCUT2D eigenvalue weighted by atomic mass is 35.5. The Hall–Kier alpha value is -1.78. The van der Waals surface area contributed by atoms with E-state index in [0.717, 1.165) is 16.7 Å². The molecule has 4 nitrogen and oxygen atoms in total. The number of aromatic nitrogens is 1. The molecule has 0 fully saturated rings. The molecule has 1 heterocycles. The zero-order chi connectivity index (χ0) is 12.3. The largest absolute Gasteiger partial charge is 0.384 e. The van der Waals surface area contributed by atoms with E-state index in [1.165, 1.54) is 0 Å². The zero-order valence-electron chi connectivity index (χ0n) is 10.1. The third kappa shape index (κ3) is 2.91. The standard InChI is InChI=1S/C13H15N3O.ClH/c1-17-8-9-4-2-3-5-10(9)11-6-7-12(14)16-13(11)15;/h2-7H,8H2,1H3,(H4,14,15,16);1H. The average molecular weight is 266 g/mol. The van der Waals surface area contributed by atoms with E-state index in [1.54, 1.807) is 13.2 Å². The third-order valence-corrected chi connectivity index (χ3v) is 2.55. The fourth-order valence-corrected chi connectivity index (χ4v) is 1.78. The molecule has 0 aliphatic heterocycles. The van der Waals surface area contributed by atoms with E-state index in [0.29, 0.717) is 18.2 Å². The van der Waals surface area contributed by atoms with Gasteiger partial charge in [-0.1, -0.05) is 24.3 Å². The predicted molar refractivity (Wildman–Crippen MR) is 76.5 cm³/mol. The van der Waals surface area contributed by atoms with Gasteiger partial charge in [-0.15, -0.1) is 12.4 Å². The number of ether oxygens (including phenoxy) is 1. The van der Waals surface area contributed by atoms with E-state index in [4.69, 9.17) is 16.2 Å². The van der Waals surface area contributed by atoms with Gasteiger partial charge in [0.1, 0.15) is 11.6 Å². The van der Waals surface area contributed by atoms with Crippen molar-refractivity contribution in [3.63, 3.8) is 0 Å². The van der Waals surface area contributed by atoms with Gasteiger partial charge in [0, 0.05) is 12.7 Å². The lowest BCUT2D eigenvalue weighted by Gasteiger charge is -2.10. The highest BCUT2D eigenvalue weighted by molar-refractivity contribution is 5.85. The van der Waals surface area contributed by atoms with Gasteiger partial charge >= 0.3 is 0 Å². The molecule has 2 aromatic rings. The fraction of sp³-hybridized carbons (Fsp3) is 0.154. The van der Waals surface area contributed by atoms with E-state index in [-0.39, 0.29) is 12.4 Å². The van der Waals surface area contributed by atoms with Crippen molar-refractivity contribution in [3.05, 3.63) is 42.0 Å². The zero-order valence-corrected chi connectivity index (χ0v) is 10.9. The SMILES string of the molecule is COCc1ccccc1-c1ccc(N)nc1N.Cl. The first-order valence-corrected chi connectivity index (χ1v) is 5.31. The number of nitrogen functional groups attached to an aromatic ring is 2. The molecule has 96 valence electrons. The van der Waals surface area contributed by atoms with Crippen molar-refractivity contribution in [2.45, 2.75) is 6.61 Å². The monoisotopic (exact) mass is 265 g/mol. The van der Waals surface area contributed by atoms with E-state index in [1.807, 2.05) is 30.3 Å². The molecule has 0 amide bonds. The Kier molecular flexibility index (Phi) is 4.95. The number of hydrogen-bond donors (Lipinski definition) is 2. The van der Waals surface area contributed by atoms with E-state index >= 15 is 0 Å². The summed E-state index contributed by atoms with van der Waals surface area (Å²) in [4.78, 5) is 4.07. The second-order valence-electron chi connectivity index (χ2n) is 3.76. The molecular weight excluding hydrogens is 250 g/mol. The molecule has 2 rings (SSSR count). The van der Waals surface area contributed by atoms with E-state index in [9.17, 15) is 0 Å². The summed E-state index contributed by atoms with van der Waals surface area (Å²) in [6.07, 6.45) is 0. The number of benzene rings is 1. The molecule has 0 bridgehead atoms. The van der Waals surface area contributed by atoms with Crippen LogP contribution in [0, 0.1) is 0 Å². The van der Waals surface area contributed by atoms with E-state index in [2.05, 4.69) is 4.98 Å². The first-order valence-electron chi connectivity index (χ1n) is 5.31. The highest BCUT2D eigenvalue weighted by Crippen LogP contribution is 2.28. The molecule has 0 saturated carbocycles. The number of pyridine rings is 1. The summed E-state index contributed by atoms with van der Waals surface area (Å²) in [6.45, 7) is 0.542. The van der Waals surface area contributed by atoms with Gasteiger partial charge in [0.2, 0.25) is 0 Å². The van der Waals surface area contributed by atoms with E-state index < -0.39 is 0 Å². The van der Waals surface area contributed by atoms with Gasteiger partial charge in [-0.3, -0.25) is 0 Å². The van der Waals surface area contributed by atoms with Crippen LogP contribution in [0.2, 0.25) is 0 Å². The van der Waals surface area contributed by atoms with Gasteiger partial charge in [0.15, 0.2) is 0 Å². The molecule has 0 spiro atoms. The van der Waals surface area contributed by atoms with Crippen LogP contribution in [-0.4, -0.2) is 12.1 Å². The Bertz CT molecular complexity index is 531. The highest BCUT2D eigenvalue weighted by Gasteiger charge is 2.08. The van der Waals surface area contributed by atoms with Crippen molar-refractivity contribution < 1.29 is 4.74 Å². The molecule has 1 aromatic heterocycles. The molecule has 0 aliphatic rings. The topological polar surface area (TPSA) is 74.2 Å². The van der Waals surface area contributed by atoms with Crippen molar-refractivity contribution >= 4 is 24.0 Å². The van der Waals surface area contributed by atoms with Crippen LogP contribution in [-0.2, 0) is 11.3 Å². The van der Waals surface area contributed by atoms with Crippen LogP contribution in [0.15, 0.2) is 36.4 Å². The van der Waals surface area contributed by atoms with Crippen LogP contribution in [0.3, 0.4) is 0 Å². The predicted octanol–water partition coefficient (Wildman–Crippen LogP) is 2.48. The maximum Gasteiger partial charge on any atom is 0.133 e. The Morgan fingerprint density at radius 3 is 2.44 bits per heavy atom. The molecule has 0 radical (unpaired) electrons. The molecule has 0 saturated heterocycles. The maximum absolute atomic E-state index is 5.89. The number of nitrogens with two attached hydrogens (primary N) is 2. The van der Waals surface area contributed by atoms with Gasteiger partial charge in [0.25, 0.3) is 0 Å². The van der Waals surface area contributed by atoms with Gasteiger partial charge in [-0.05, 0) is 23.3 Å². The minimum absolute atomic E-state index is 0. The summed E-state index contributed by atoms with van der Waals surface area (Å²) in [6, 6.07) is 11.6. The lowest BCUT2D eigenvalue weighted by atomic mass is 10.0. The first kappa shape index (κ1) is 14.3. The van der Waals surface area contributed by atoms with Crippen LogP contribution in [0.25, 0.3) is 11.1 Å². The third-order valence-electron chi connectivity index (χ3n) is 2.55. The lowest BCUT2D eigenvalue weighted by molar-refractivity contribution is 0.185. The summed E-state index contributed by atoms with van der Waals surface area (Å²) < 4.78 is 5.17. The summed E-state index contributed by atoms with van der Waals surface area (Å²) in [5.74, 6) is 0.865. The van der Waals surface area contributed by atoms with Crippen molar-refractivity contribution in [2.75, 3.05) is 18.6 Å². The van der Waals surface area contributed by atoms with Crippen molar-refractivity contribution in [3.8, 4) is 11.1 Å². The smallest absolute Gasteiger partial charge is 0.133 e. The molecule has 4 N–H and O–H groups in total. The number of halogens is 1. The lowest BCUT2D eigenvalue weighted by Crippen LogP contribution is -2.00. The molecule has 18 heavy (non-hydrogen) atoms. The fourth-order valence-electron chi connectivity index (χ4n) is 1.78. The van der Waals surface area contributed by atoms with Crippen molar-refractivity contribution in [1.82, 2.24) is 4.98 Å². The number of hydrogen-bond acceptors (Lipinski definition) is 4. The summed E-state index contributed by atoms with van der Waals surface area (Å²) in [5.41, 5.74) is 14.5. The summed E-state index contributed by atoms with van der Waals surface area (Å²) >= 11 is 0. The number of anilines is 2. The molecule has 1 aromatic carbocycles. The molecule has 0 aliphatic carbocycles. The molecular formula is C13H16ClN3O. The average Bonchev–Trinajstić information content (AvgIpc) is 2.31. The Morgan fingerprint density at radius 2 is 1.78 bits per heavy atom. The van der Waals surface area contributed by atoms with Gasteiger partial charge in [-0.25, -0.2) is 4.98 Å². The van der Waals surface area contributed by atoms with Crippen molar-refractivity contribution in [2.24, 2.45) is 0 Å². The van der Waals surface area contributed by atoms with Crippen molar-refractivity contribution in [1.29, 1.82) is 0 Å². The Balaban J connectivity index is 0.00000162.